The van der Waals surface area contributed by atoms with E-state index in [4.69, 9.17) is 5.11 Å². The number of nitrogens with one attached hydrogen (secondary N) is 1. The van der Waals surface area contributed by atoms with Gasteiger partial charge in [-0.25, -0.2) is 4.79 Å². The van der Waals surface area contributed by atoms with Crippen LogP contribution in [0.5, 0.6) is 0 Å². The molecular weight excluding hydrogens is 349 g/mol. The summed E-state index contributed by atoms with van der Waals surface area (Å²) in [5, 5.41) is 11.8. The summed E-state index contributed by atoms with van der Waals surface area (Å²) in [6.07, 6.45) is -3.34. The van der Waals surface area contributed by atoms with Gasteiger partial charge in [0.25, 0.3) is 0 Å². The van der Waals surface area contributed by atoms with Gasteiger partial charge in [-0.2, -0.15) is 13.2 Å². The van der Waals surface area contributed by atoms with Crippen LogP contribution in [0.15, 0.2) is 12.1 Å². The van der Waals surface area contributed by atoms with Crippen LogP contribution >= 0.6 is 0 Å². The fourth-order valence-electron chi connectivity index (χ4n) is 3.40. The van der Waals surface area contributed by atoms with Crippen molar-refractivity contribution in [3.63, 3.8) is 0 Å². The third-order valence-corrected chi connectivity index (χ3v) is 4.78. The summed E-state index contributed by atoms with van der Waals surface area (Å²) >= 11 is 0. The van der Waals surface area contributed by atoms with Gasteiger partial charge in [0.05, 0.1) is 11.8 Å². The van der Waals surface area contributed by atoms with Crippen LogP contribution in [-0.2, 0) is 17.6 Å². The molecule has 0 bridgehead atoms. The van der Waals surface area contributed by atoms with Gasteiger partial charge in [0.15, 0.2) is 0 Å². The average Bonchev–Trinajstić information content (AvgIpc) is 3.01. The van der Waals surface area contributed by atoms with Crippen LogP contribution in [0.4, 0.5) is 23.7 Å². The quantitative estimate of drug-likeness (QED) is 0.844. The summed E-state index contributed by atoms with van der Waals surface area (Å²) in [7, 11) is 0. The first kappa shape index (κ1) is 20.1. The fourth-order valence-corrected chi connectivity index (χ4v) is 3.40. The number of urea groups is 1. The van der Waals surface area contributed by atoms with Crippen molar-refractivity contribution in [2.45, 2.75) is 39.8 Å². The van der Waals surface area contributed by atoms with Crippen LogP contribution in [0.2, 0.25) is 0 Å². The van der Waals surface area contributed by atoms with Crippen LogP contribution in [-0.4, -0.2) is 41.3 Å². The van der Waals surface area contributed by atoms with Gasteiger partial charge >= 0.3 is 18.2 Å². The van der Waals surface area contributed by atoms with E-state index in [1.807, 2.05) is 32.9 Å². The normalized spacial score (nSPS) is 20.3. The van der Waals surface area contributed by atoms with E-state index in [1.54, 1.807) is 0 Å². The smallest absolute Gasteiger partial charge is 0.394 e. The minimum Gasteiger partial charge on any atom is -0.481 e. The molecule has 0 aromatic heterocycles. The highest BCUT2D eigenvalue weighted by atomic mass is 19.4. The third kappa shape index (κ3) is 4.11. The van der Waals surface area contributed by atoms with Crippen molar-refractivity contribution < 1.29 is 27.9 Å². The van der Waals surface area contributed by atoms with Gasteiger partial charge in [0.2, 0.25) is 0 Å². The number of hydrogen-bond donors (Lipinski definition) is 2. The molecule has 5 nitrogen and oxygen atoms in total. The molecule has 2 N–H and O–H groups in total. The van der Waals surface area contributed by atoms with Crippen LogP contribution in [0.25, 0.3) is 0 Å². The first-order chi connectivity index (χ1) is 12.1. The van der Waals surface area contributed by atoms with Crippen molar-refractivity contribution in [3.8, 4) is 0 Å². The van der Waals surface area contributed by atoms with Crippen molar-refractivity contribution in [1.29, 1.82) is 0 Å². The minimum atomic E-state index is -4.66. The Morgan fingerprint density at radius 1 is 1.19 bits per heavy atom. The summed E-state index contributed by atoms with van der Waals surface area (Å²) < 4.78 is 39.3. The molecule has 2 rings (SSSR count). The number of aryl methyl sites for hydroxylation is 3. The number of benzene rings is 1. The lowest BCUT2D eigenvalue weighted by Gasteiger charge is -2.21. The molecule has 0 aliphatic carbocycles. The molecule has 1 saturated heterocycles. The zero-order chi connectivity index (χ0) is 19.6. The van der Waals surface area contributed by atoms with Crippen LogP contribution in [0.1, 0.15) is 30.5 Å². The Hall–Kier alpha value is -2.25. The number of aliphatic carboxylic acids is 1. The van der Waals surface area contributed by atoms with E-state index in [9.17, 15) is 22.8 Å². The van der Waals surface area contributed by atoms with E-state index < -0.39 is 43.1 Å². The number of carbonyl (C=O) groups excluding carboxylic acids is 1. The van der Waals surface area contributed by atoms with E-state index in [0.29, 0.717) is 18.5 Å². The Morgan fingerprint density at radius 2 is 1.73 bits per heavy atom. The zero-order valence-corrected chi connectivity index (χ0v) is 15.0. The maximum absolute atomic E-state index is 13.1. The lowest BCUT2D eigenvalue weighted by molar-refractivity contribution is -0.187. The van der Waals surface area contributed by atoms with E-state index in [1.165, 1.54) is 0 Å². The van der Waals surface area contributed by atoms with Crippen molar-refractivity contribution in [1.82, 2.24) is 4.90 Å². The molecule has 0 radical (unpaired) electrons. The third-order valence-electron chi connectivity index (χ3n) is 4.78. The van der Waals surface area contributed by atoms with Gasteiger partial charge in [0, 0.05) is 18.8 Å². The molecule has 0 spiro atoms. The molecular formula is C18H23F3N2O3. The van der Waals surface area contributed by atoms with Gasteiger partial charge in [-0.3, -0.25) is 4.79 Å². The number of alkyl halides is 3. The first-order valence-corrected chi connectivity index (χ1v) is 8.56. The number of hydrogen-bond acceptors (Lipinski definition) is 2. The van der Waals surface area contributed by atoms with Crippen LogP contribution in [0, 0.1) is 18.8 Å². The van der Waals surface area contributed by atoms with Gasteiger partial charge < -0.3 is 15.3 Å². The molecule has 2 atom stereocenters. The van der Waals surface area contributed by atoms with Gasteiger partial charge in [-0.15, -0.1) is 0 Å². The van der Waals surface area contributed by atoms with E-state index >= 15 is 0 Å². The predicted molar refractivity (Wildman–Crippen MR) is 91.2 cm³/mol. The second kappa shape index (κ2) is 7.55. The van der Waals surface area contributed by atoms with Crippen molar-refractivity contribution in [2.24, 2.45) is 11.8 Å². The molecule has 1 aliphatic heterocycles. The van der Waals surface area contributed by atoms with Crippen molar-refractivity contribution in [3.05, 3.63) is 28.8 Å². The lowest BCUT2D eigenvalue weighted by Crippen LogP contribution is -2.35. The largest absolute Gasteiger partial charge is 0.481 e. The summed E-state index contributed by atoms with van der Waals surface area (Å²) in [6.45, 7) is 4.69. The maximum atomic E-state index is 13.1. The van der Waals surface area contributed by atoms with Gasteiger partial charge in [-0.1, -0.05) is 31.5 Å². The van der Waals surface area contributed by atoms with Gasteiger partial charge in [0.1, 0.15) is 0 Å². The predicted octanol–water partition coefficient (Wildman–Crippen LogP) is 3.85. The highest BCUT2D eigenvalue weighted by Gasteiger charge is 2.53. The molecule has 2 amide bonds. The highest BCUT2D eigenvalue weighted by Crippen LogP contribution is 2.38. The first-order valence-electron chi connectivity index (χ1n) is 8.56. The number of carboxylic acids is 1. The Morgan fingerprint density at radius 3 is 2.12 bits per heavy atom. The minimum absolute atomic E-state index is 0.458. The molecule has 1 aromatic carbocycles. The van der Waals surface area contributed by atoms with Crippen LogP contribution in [0.3, 0.4) is 0 Å². The molecule has 1 fully saturated rings. The number of nitrogens with zero attached hydrogens (tertiary/aromatic N) is 1. The Balaban J connectivity index is 2.25. The number of likely N-dealkylation sites (tertiary alicyclic amines) is 1. The maximum Gasteiger partial charge on any atom is 0.394 e. The van der Waals surface area contributed by atoms with Crippen LogP contribution < -0.4 is 5.32 Å². The molecule has 1 aliphatic rings. The van der Waals surface area contributed by atoms with E-state index in [-0.39, 0.29) is 0 Å². The number of halogens is 3. The van der Waals surface area contributed by atoms with E-state index in [0.717, 1.165) is 21.6 Å². The Labute approximate surface area is 150 Å². The van der Waals surface area contributed by atoms with Gasteiger partial charge in [-0.05, 0) is 30.9 Å². The summed E-state index contributed by atoms with van der Waals surface area (Å²) in [5.41, 5.74) is 3.45. The number of carbonyl (C=O) groups is 2. The lowest BCUT2D eigenvalue weighted by atomic mass is 9.96. The van der Waals surface area contributed by atoms with Crippen molar-refractivity contribution >= 4 is 17.7 Å². The standard InChI is InChI=1S/C18H23F3N2O3/c1-4-11-6-10(3)7-12(5-2)15(11)22-17(26)23-8-13(16(24)25)14(9-23)18(19,20)21/h6-7,13-14H,4-5,8-9H2,1-3H3,(H,22,26)(H,24,25)/t13-,14-/m1/s1. The fraction of sp³-hybridized carbons (Fsp3) is 0.556. The SMILES string of the molecule is CCc1cc(C)cc(CC)c1NC(=O)N1C[C@@H](C(F)(F)F)[C@H](C(=O)O)C1. The summed E-state index contributed by atoms with van der Waals surface area (Å²) in [4.78, 5) is 24.6. The number of carboxylic acid groups (broad SMARTS) is 1. The zero-order valence-electron chi connectivity index (χ0n) is 15.0. The van der Waals surface area contributed by atoms with E-state index in [2.05, 4.69) is 5.32 Å². The Bertz CT molecular complexity index is 678. The number of anilines is 1. The molecule has 26 heavy (non-hydrogen) atoms. The molecule has 0 saturated carbocycles. The molecule has 144 valence electrons. The summed E-state index contributed by atoms with van der Waals surface area (Å²) in [5.74, 6) is -5.24. The monoisotopic (exact) mass is 372 g/mol. The molecule has 1 aromatic rings. The molecule has 8 heteroatoms. The molecule has 0 unspecified atom stereocenters. The molecule has 1 heterocycles. The highest BCUT2D eigenvalue weighted by molar-refractivity contribution is 5.92. The topological polar surface area (TPSA) is 69.6 Å². The average molecular weight is 372 g/mol. The number of rotatable bonds is 4. The van der Waals surface area contributed by atoms with Crippen molar-refractivity contribution in [2.75, 3.05) is 18.4 Å². The second-order valence-corrected chi connectivity index (χ2v) is 6.59. The summed E-state index contributed by atoms with van der Waals surface area (Å²) in [6, 6.07) is 3.16. The second-order valence-electron chi connectivity index (χ2n) is 6.59. The number of amides is 2. The Kier molecular flexibility index (Phi) is 5.83.